The first-order chi connectivity index (χ1) is 8.50. The highest BCUT2D eigenvalue weighted by Crippen LogP contribution is 2.24. The molecule has 1 aromatic rings. The molecule has 1 amide bonds. The molecule has 2 rings (SSSR count). The molecule has 1 atom stereocenters. The van der Waals surface area contributed by atoms with E-state index in [1.54, 1.807) is 6.92 Å². The first-order valence-corrected chi connectivity index (χ1v) is 6.54. The average Bonchev–Trinajstić information content (AvgIpc) is 2.77. The predicted octanol–water partition coefficient (Wildman–Crippen LogP) is 1.73. The molecule has 1 heterocycles. The summed E-state index contributed by atoms with van der Waals surface area (Å²) in [6, 6.07) is 3.08. The number of hydrogen-bond acceptors (Lipinski definition) is 3. The molecule has 0 aromatic heterocycles. The third-order valence-corrected chi connectivity index (χ3v) is 3.86. The molecule has 1 aliphatic rings. The number of thioether (sulfide) groups is 1. The molecule has 4 nitrogen and oxygen atoms in total. The molecule has 0 radical (unpaired) electrons. The molecule has 6 heteroatoms. The van der Waals surface area contributed by atoms with Gasteiger partial charge in [0.1, 0.15) is 11.9 Å². The van der Waals surface area contributed by atoms with Gasteiger partial charge in [0.2, 0.25) is 0 Å². The van der Waals surface area contributed by atoms with E-state index >= 15 is 0 Å². The number of aliphatic carboxylic acids is 1. The molecule has 0 saturated carbocycles. The maximum atomic E-state index is 13.0. The molecular formula is C12H12FNO3S. The van der Waals surface area contributed by atoms with Crippen LogP contribution in [0.2, 0.25) is 0 Å². The van der Waals surface area contributed by atoms with Gasteiger partial charge in [-0.2, -0.15) is 0 Å². The normalized spacial score (nSPS) is 19.0. The van der Waals surface area contributed by atoms with Crippen molar-refractivity contribution in [3.63, 3.8) is 0 Å². The van der Waals surface area contributed by atoms with Crippen LogP contribution in [0.4, 0.5) is 4.39 Å². The lowest BCUT2D eigenvalue weighted by molar-refractivity contribution is -0.140. The zero-order valence-electron chi connectivity index (χ0n) is 9.72. The van der Waals surface area contributed by atoms with Gasteiger partial charge in [0, 0.05) is 11.3 Å². The van der Waals surface area contributed by atoms with Crippen LogP contribution in [-0.4, -0.2) is 39.6 Å². The summed E-state index contributed by atoms with van der Waals surface area (Å²) in [5.74, 6) is -1.03. The van der Waals surface area contributed by atoms with Gasteiger partial charge in [-0.25, -0.2) is 9.18 Å². The van der Waals surface area contributed by atoms with Crippen LogP contribution in [0.25, 0.3) is 0 Å². The minimum Gasteiger partial charge on any atom is -0.480 e. The predicted molar refractivity (Wildman–Crippen MR) is 66.1 cm³/mol. The highest BCUT2D eigenvalue weighted by Gasteiger charge is 2.35. The van der Waals surface area contributed by atoms with Gasteiger partial charge in [0.25, 0.3) is 5.91 Å². The molecular weight excluding hydrogens is 257 g/mol. The van der Waals surface area contributed by atoms with Gasteiger partial charge in [-0.1, -0.05) is 0 Å². The lowest BCUT2D eigenvalue weighted by atomic mass is 10.1. The number of amides is 1. The third-order valence-electron chi connectivity index (χ3n) is 2.85. The lowest BCUT2D eigenvalue weighted by Gasteiger charge is -2.21. The number of carbonyl (C=O) groups is 2. The van der Waals surface area contributed by atoms with E-state index in [1.165, 1.54) is 34.9 Å². The number of carbonyl (C=O) groups excluding carboxylic acids is 1. The Hall–Kier alpha value is -1.56. The Balaban J connectivity index is 2.28. The van der Waals surface area contributed by atoms with Gasteiger partial charge in [0.05, 0.1) is 5.88 Å². The first-order valence-electron chi connectivity index (χ1n) is 5.38. The van der Waals surface area contributed by atoms with Crippen molar-refractivity contribution in [2.45, 2.75) is 13.0 Å². The minimum atomic E-state index is -1.01. The summed E-state index contributed by atoms with van der Waals surface area (Å²) in [4.78, 5) is 24.6. The summed E-state index contributed by atoms with van der Waals surface area (Å²) in [7, 11) is 0. The Morgan fingerprint density at radius 2 is 2.22 bits per heavy atom. The number of benzene rings is 1. The van der Waals surface area contributed by atoms with Crippen molar-refractivity contribution in [1.82, 2.24) is 4.90 Å². The third kappa shape index (κ3) is 2.33. The van der Waals surface area contributed by atoms with Crippen molar-refractivity contribution in [1.29, 1.82) is 0 Å². The highest BCUT2D eigenvalue weighted by molar-refractivity contribution is 7.99. The Kier molecular flexibility index (Phi) is 3.56. The Morgan fingerprint density at radius 1 is 1.50 bits per heavy atom. The molecule has 1 N–H and O–H groups in total. The highest BCUT2D eigenvalue weighted by atomic mass is 32.2. The van der Waals surface area contributed by atoms with E-state index in [0.29, 0.717) is 22.8 Å². The van der Waals surface area contributed by atoms with Crippen LogP contribution in [0, 0.1) is 12.7 Å². The first kappa shape index (κ1) is 12.9. The number of hydrogen-bond donors (Lipinski definition) is 1. The van der Waals surface area contributed by atoms with Crippen molar-refractivity contribution in [2.24, 2.45) is 0 Å². The second-order valence-electron chi connectivity index (χ2n) is 4.09. The summed E-state index contributed by atoms with van der Waals surface area (Å²) >= 11 is 1.40. The van der Waals surface area contributed by atoms with Crippen LogP contribution in [-0.2, 0) is 4.79 Å². The lowest BCUT2D eigenvalue weighted by Crippen LogP contribution is -2.42. The molecule has 0 bridgehead atoms. The van der Waals surface area contributed by atoms with Crippen molar-refractivity contribution in [3.8, 4) is 0 Å². The Bertz CT molecular complexity index is 506. The topological polar surface area (TPSA) is 57.6 Å². The van der Waals surface area contributed by atoms with Crippen molar-refractivity contribution < 1.29 is 19.1 Å². The largest absolute Gasteiger partial charge is 0.480 e. The van der Waals surface area contributed by atoms with E-state index in [2.05, 4.69) is 0 Å². The van der Waals surface area contributed by atoms with Crippen molar-refractivity contribution >= 4 is 23.6 Å². The quantitative estimate of drug-likeness (QED) is 0.888. The zero-order valence-corrected chi connectivity index (χ0v) is 10.5. The fourth-order valence-corrected chi connectivity index (χ4v) is 3.01. The minimum absolute atomic E-state index is 0.352. The number of carboxylic acid groups (broad SMARTS) is 1. The van der Waals surface area contributed by atoms with Crippen LogP contribution in [0.1, 0.15) is 15.9 Å². The monoisotopic (exact) mass is 269 g/mol. The van der Waals surface area contributed by atoms with E-state index < -0.39 is 17.8 Å². The number of nitrogens with zero attached hydrogens (tertiary/aromatic N) is 1. The molecule has 1 saturated heterocycles. The fourth-order valence-electron chi connectivity index (χ4n) is 1.87. The summed E-state index contributed by atoms with van der Waals surface area (Å²) in [6.45, 7) is 1.63. The summed E-state index contributed by atoms with van der Waals surface area (Å²) in [5, 5.41) is 9.03. The summed E-state index contributed by atoms with van der Waals surface area (Å²) in [6.07, 6.45) is 0. The molecule has 0 unspecified atom stereocenters. The summed E-state index contributed by atoms with van der Waals surface area (Å²) in [5.41, 5.74) is 0.867. The van der Waals surface area contributed by atoms with Gasteiger partial charge in [-0.05, 0) is 30.7 Å². The van der Waals surface area contributed by atoms with Gasteiger partial charge in [0.15, 0.2) is 0 Å². The van der Waals surface area contributed by atoms with E-state index in [0.717, 1.165) is 0 Å². The fraction of sp³-hybridized carbons (Fsp3) is 0.333. The van der Waals surface area contributed by atoms with Crippen LogP contribution < -0.4 is 0 Å². The summed E-state index contributed by atoms with van der Waals surface area (Å²) < 4.78 is 13.0. The molecule has 1 aromatic carbocycles. The van der Waals surface area contributed by atoms with E-state index in [-0.39, 0.29) is 5.91 Å². The number of halogens is 1. The van der Waals surface area contributed by atoms with E-state index in [4.69, 9.17) is 5.11 Å². The maximum absolute atomic E-state index is 13.0. The molecule has 0 spiro atoms. The average molecular weight is 269 g/mol. The Labute approximate surface area is 108 Å². The van der Waals surface area contributed by atoms with Gasteiger partial charge in [-0.3, -0.25) is 4.79 Å². The number of carboxylic acids is 1. The van der Waals surface area contributed by atoms with Gasteiger partial charge in [-0.15, -0.1) is 11.8 Å². The van der Waals surface area contributed by atoms with Gasteiger partial charge < -0.3 is 10.0 Å². The van der Waals surface area contributed by atoms with Crippen LogP contribution in [0.5, 0.6) is 0 Å². The van der Waals surface area contributed by atoms with E-state index in [1.807, 2.05) is 0 Å². The number of aryl methyl sites for hydroxylation is 1. The smallest absolute Gasteiger partial charge is 0.327 e. The van der Waals surface area contributed by atoms with Crippen LogP contribution in [0.3, 0.4) is 0 Å². The standard InChI is InChI=1S/C12H12FNO3S/c1-7-4-8(13)2-3-9(7)11(15)14-6-18-5-10(14)12(16)17/h2-4,10H,5-6H2,1H3,(H,16,17)/t10-/m0/s1. The van der Waals surface area contributed by atoms with E-state index in [9.17, 15) is 14.0 Å². The molecule has 1 fully saturated rings. The van der Waals surface area contributed by atoms with Crippen molar-refractivity contribution in [3.05, 3.63) is 35.1 Å². The van der Waals surface area contributed by atoms with Gasteiger partial charge >= 0.3 is 5.97 Å². The molecule has 96 valence electrons. The molecule has 18 heavy (non-hydrogen) atoms. The van der Waals surface area contributed by atoms with Crippen LogP contribution in [0.15, 0.2) is 18.2 Å². The second kappa shape index (κ2) is 4.97. The SMILES string of the molecule is Cc1cc(F)ccc1C(=O)N1CSC[C@H]1C(=O)O. The maximum Gasteiger partial charge on any atom is 0.327 e. The van der Waals surface area contributed by atoms with Crippen molar-refractivity contribution in [2.75, 3.05) is 11.6 Å². The Morgan fingerprint density at radius 3 is 2.83 bits per heavy atom. The molecule has 0 aliphatic carbocycles. The molecule has 1 aliphatic heterocycles. The van der Waals surface area contributed by atoms with Crippen LogP contribution >= 0.6 is 11.8 Å². The number of rotatable bonds is 2. The zero-order chi connectivity index (χ0) is 13.3. The second-order valence-corrected chi connectivity index (χ2v) is 5.09.